The molecule has 5 aromatic rings. The van der Waals surface area contributed by atoms with Crippen molar-refractivity contribution in [2.24, 2.45) is 0 Å². The lowest BCUT2D eigenvalue weighted by molar-refractivity contribution is 0.588. The Bertz CT molecular complexity index is 1730. The number of H-pyrrole nitrogens is 1. The summed E-state index contributed by atoms with van der Waals surface area (Å²) in [6, 6.07) is 9.55. The van der Waals surface area contributed by atoms with Gasteiger partial charge in [0.1, 0.15) is 34.9 Å². The molecule has 0 aliphatic heterocycles. The number of benzene rings is 2. The average molecular weight is 528 g/mol. The summed E-state index contributed by atoms with van der Waals surface area (Å²) in [6.45, 7) is 1.53. The molecule has 0 saturated carbocycles. The number of aromatic nitrogens is 5. The van der Waals surface area contributed by atoms with Gasteiger partial charge in [0.15, 0.2) is 11.5 Å². The summed E-state index contributed by atoms with van der Waals surface area (Å²) in [6.07, 6.45) is 4.19. The van der Waals surface area contributed by atoms with Gasteiger partial charge >= 0.3 is 0 Å². The number of rotatable bonds is 6. The molecule has 13 heteroatoms. The summed E-state index contributed by atoms with van der Waals surface area (Å²) in [4.78, 5) is 19.4. The Morgan fingerprint density at radius 3 is 2.67 bits per heavy atom. The molecule has 0 atom stereocenters. The molecular weight excluding hydrogens is 512 g/mol. The second kappa shape index (κ2) is 9.13. The van der Waals surface area contributed by atoms with Crippen LogP contribution in [0, 0.1) is 18.6 Å². The third kappa shape index (κ3) is 4.20. The van der Waals surface area contributed by atoms with Crippen LogP contribution in [0.5, 0.6) is 0 Å². The highest BCUT2D eigenvalue weighted by molar-refractivity contribution is 7.92. The van der Waals surface area contributed by atoms with Crippen LogP contribution in [-0.4, -0.2) is 33.3 Å². The number of hydrogen-bond acceptors (Lipinski definition) is 7. The Morgan fingerprint density at radius 1 is 1.00 bits per heavy atom. The van der Waals surface area contributed by atoms with Crippen LogP contribution in [0.15, 0.2) is 66.2 Å². The zero-order valence-electron chi connectivity index (χ0n) is 18.4. The van der Waals surface area contributed by atoms with Gasteiger partial charge in [0.25, 0.3) is 10.0 Å². The van der Waals surface area contributed by atoms with E-state index < -0.39 is 33.0 Å². The molecule has 0 aliphatic rings. The molecule has 0 amide bonds. The summed E-state index contributed by atoms with van der Waals surface area (Å²) < 4.78 is 58.3. The first-order valence-corrected chi connectivity index (χ1v) is 12.2. The fraction of sp³-hybridized carbons (Fsp3) is 0.0435. The molecule has 0 spiro atoms. The van der Waals surface area contributed by atoms with E-state index in [1.54, 1.807) is 12.1 Å². The monoisotopic (exact) mass is 527 g/mol. The number of halogens is 3. The lowest BCUT2D eigenvalue weighted by Crippen LogP contribution is -2.16. The maximum absolute atomic E-state index is 15.5. The highest BCUT2D eigenvalue weighted by atomic mass is 35.5. The van der Waals surface area contributed by atoms with E-state index in [0.717, 1.165) is 12.1 Å². The minimum absolute atomic E-state index is 0.0793. The Balaban J connectivity index is 1.54. The number of fused-ring (bicyclic) bond motifs is 1. The normalized spacial score (nSPS) is 11.6. The number of pyridine rings is 1. The van der Waals surface area contributed by atoms with Crippen molar-refractivity contribution in [1.29, 1.82) is 0 Å². The van der Waals surface area contributed by atoms with Crippen LogP contribution in [0.1, 0.15) is 5.56 Å². The van der Waals surface area contributed by atoms with Gasteiger partial charge < -0.3 is 10.3 Å². The minimum Gasteiger partial charge on any atom is -0.341 e. The molecule has 0 aliphatic carbocycles. The smallest absolute Gasteiger partial charge is 0.262 e. The zero-order chi connectivity index (χ0) is 25.4. The van der Waals surface area contributed by atoms with E-state index in [1.807, 2.05) is 0 Å². The second-order valence-corrected chi connectivity index (χ2v) is 9.66. The first-order valence-electron chi connectivity index (χ1n) is 10.4. The van der Waals surface area contributed by atoms with Gasteiger partial charge in [-0.05, 0) is 48.9 Å². The van der Waals surface area contributed by atoms with Gasteiger partial charge in [0.2, 0.25) is 0 Å². The summed E-state index contributed by atoms with van der Waals surface area (Å²) >= 11 is 6.04. The van der Waals surface area contributed by atoms with Crippen molar-refractivity contribution in [1.82, 2.24) is 24.9 Å². The standard InChI is InChI=1S/C23H16ClF2N7O2S/c1-12-14(24)5-2-6-17(12)36(34,35)33-16-8-7-15(25)20(18(16)26)32-22-13(4-3-9-27-22)19-21-23(30-10-28-19)31-11-29-21/h2-11,33H,1H3,(H,27,32)(H,28,29,30,31). The SMILES string of the molecule is Cc1c(Cl)cccc1S(=O)(=O)Nc1ccc(F)c(Nc2ncccc2-c2ncnc3nc[nH]c23)c1F. The van der Waals surface area contributed by atoms with Crippen LogP contribution < -0.4 is 10.0 Å². The highest BCUT2D eigenvalue weighted by Gasteiger charge is 2.23. The van der Waals surface area contributed by atoms with E-state index in [1.165, 1.54) is 44.0 Å². The Morgan fingerprint density at radius 2 is 1.83 bits per heavy atom. The van der Waals surface area contributed by atoms with Crippen molar-refractivity contribution in [3.63, 3.8) is 0 Å². The number of imidazole rings is 1. The van der Waals surface area contributed by atoms with Crippen molar-refractivity contribution in [3.8, 4) is 11.3 Å². The van der Waals surface area contributed by atoms with E-state index in [0.29, 0.717) is 28.0 Å². The average Bonchev–Trinajstić information content (AvgIpc) is 3.35. The topological polar surface area (TPSA) is 126 Å². The molecule has 2 aromatic carbocycles. The number of anilines is 3. The van der Waals surface area contributed by atoms with Gasteiger partial charge in [-0.1, -0.05) is 17.7 Å². The van der Waals surface area contributed by atoms with Crippen LogP contribution in [0.25, 0.3) is 22.4 Å². The quantitative estimate of drug-likeness (QED) is 0.277. The van der Waals surface area contributed by atoms with Gasteiger partial charge in [-0.25, -0.2) is 37.1 Å². The Kier molecular flexibility index (Phi) is 5.98. The summed E-state index contributed by atoms with van der Waals surface area (Å²) in [5.41, 5.74) is 0.950. The summed E-state index contributed by atoms with van der Waals surface area (Å²) in [7, 11) is -4.23. The predicted octanol–water partition coefficient (Wildman–Crippen LogP) is 5.20. The molecule has 0 saturated heterocycles. The van der Waals surface area contributed by atoms with Gasteiger partial charge in [0, 0.05) is 16.8 Å². The molecule has 3 N–H and O–H groups in total. The van der Waals surface area contributed by atoms with Crippen molar-refractivity contribution in [2.75, 3.05) is 10.0 Å². The van der Waals surface area contributed by atoms with Crippen molar-refractivity contribution in [2.45, 2.75) is 11.8 Å². The maximum atomic E-state index is 15.5. The number of nitrogens with one attached hydrogen (secondary N) is 3. The van der Waals surface area contributed by atoms with E-state index in [4.69, 9.17) is 11.6 Å². The number of sulfonamides is 1. The fourth-order valence-corrected chi connectivity index (χ4v) is 5.17. The van der Waals surface area contributed by atoms with E-state index in [9.17, 15) is 12.8 Å². The predicted molar refractivity (Wildman–Crippen MR) is 132 cm³/mol. The molecule has 3 heterocycles. The molecular formula is C23H16ClF2N7O2S. The van der Waals surface area contributed by atoms with Crippen LogP contribution >= 0.6 is 11.6 Å². The van der Waals surface area contributed by atoms with Gasteiger partial charge in [-0.15, -0.1) is 0 Å². The van der Waals surface area contributed by atoms with Crippen LogP contribution in [0.4, 0.5) is 26.0 Å². The van der Waals surface area contributed by atoms with Crippen molar-refractivity contribution in [3.05, 3.63) is 83.5 Å². The first kappa shape index (κ1) is 23.6. The Labute approximate surface area is 208 Å². The van der Waals surface area contributed by atoms with E-state index in [2.05, 4.69) is 35.0 Å². The minimum atomic E-state index is -4.23. The number of nitrogens with zero attached hydrogens (tertiary/aromatic N) is 4. The third-order valence-electron chi connectivity index (χ3n) is 5.37. The molecule has 0 unspecified atom stereocenters. The van der Waals surface area contributed by atoms with Gasteiger partial charge in [-0.2, -0.15) is 0 Å². The van der Waals surface area contributed by atoms with Crippen molar-refractivity contribution < 1.29 is 17.2 Å². The lowest BCUT2D eigenvalue weighted by atomic mass is 10.1. The highest BCUT2D eigenvalue weighted by Crippen LogP contribution is 2.34. The molecule has 182 valence electrons. The molecule has 0 radical (unpaired) electrons. The number of aromatic amines is 1. The molecule has 9 nitrogen and oxygen atoms in total. The molecule has 0 bridgehead atoms. The largest absolute Gasteiger partial charge is 0.341 e. The second-order valence-electron chi connectivity index (χ2n) is 7.60. The van der Waals surface area contributed by atoms with Gasteiger partial charge in [-0.3, -0.25) is 4.72 Å². The maximum Gasteiger partial charge on any atom is 0.262 e. The van der Waals surface area contributed by atoms with Crippen LogP contribution in [0.2, 0.25) is 5.02 Å². The molecule has 36 heavy (non-hydrogen) atoms. The third-order valence-corrected chi connectivity index (χ3v) is 7.29. The zero-order valence-corrected chi connectivity index (χ0v) is 20.0. The van der Waals surface area contributed by atoms with Crippen molar-refractivity contribution >= 4 is 50.0 Å². The first-order chi connectivity index (χ1) is 17.3. The molecule has 5 rings (SSSR count). The molecule has 3 aromatic heterocycles. The van der Waals surface area contributed by atoms with Gasteiger partial charge in [0.05, 0.1) is 16.9 Å². The summed E-state index contributed by atoms with van der Waals surface area (Å²) in [5, 5.41) is 2.87. The molecule has 0 fully saturated rings. The van der Waals surface area contributed by atoms with Crippen LogP contribution in [-0.2, 0) is 10.0 Å². The fourth-order valence-electron chi connectivity index (χ4n) is 3.61. The van der Waals surface area contributed by atoms with E-state index in [-0.39, 0.29) is 15.7 Å². The Hall–Kier alpha value is -4.16. The number of hydrogen-bond donors (Lipinski definition) is 3. The lowest BCUT2D eigenvalue weighted by Gasteiger charge is -2.16. The van der Waals surface area contributed by atoms with Crippen LogP contribution in [0.3, 0.4) is 0 Å². The van der Waals surface area contributed by atoms with E-state index >= 15 is 4.39 Å². The summed E-state index contributed by atoms with van der Waals surface area (Å²) in [5.74, 6) is -2.04.